The highest BCUT2D eigenvalue weighted by molar-refractivity contribution is 5.85. The Morgan fingerprint density at radius 1 is 1.39 bits per heavy atom. The fraction of sp³-hybridized carbons (Fsp3) is 0.438. The second kappa shape index (κ2) is 6.29. The van der Waals surface area contributed by atoms with Crippen molar-refractivity contribution in [3.8, 4) is 11.4 Å². The first-order valence-electron chi connectivity index (χ1n) is 7.64. The summed E-state index contributed by atoms with van der Waals surface area (Å²) >= 11 is 0. The lowest BCUT2D eigenvalue weighted by Gasteiger charge is -2.21. The van der Waals surface area contributed by atoms with Gasteiger partial charge in [0.25, 0.3) is 0 Å². The van der Waals surface area contributed by atoms with Crippen LogP contribution in [0, 0.1) is 6.92 Å². The Bertz CT molecular complexity index is 718. The van der Waals surface area contributed by atoms with Gasteiger partial charge in [-0.05, 0) is 25.5 Å². The standard InChI is InChI=1S/C16H18N4O2.ClH/c1-10-4-2-3-5-11(10)16-18-14(22-19-16)9-20-13-6-7-17-12(13)8-15(20)21;/h2-5,12-13,17H,6-9H2,1H3;1H/t12-,13-;/m1./s1. The summed E-state index contributed by atoms with van der Waals surface area (Å²) in [5.41, 5.74) is 2.07. The first kappa shape index (κ1) is 16.0. The van der Waals surface area contributed by atoms with Crippen LogP contribution in [-0.2, 0) is 11.3 Å². The van der Waals surface area contributed by atoms with E-state index >= 15 is 0 Å². The van der Waals surface area contributed by atoms with Gasteiger partial charge in [-0.1, -0.05) is 29.4 Å². The van der Waals surface area contributed by atoms with Crippen LogP contribution >= 0.6 is 12.4 Å². The number of nitrogens with one attached hydrogen (secondary N) is 1. The molecule has 0 bridgehead atoms. The van der Waals surface area contributed by atoms with E-state index < -0.39 is 0 Å². The average molecular weight is 335 g/mol. The maximum atomic E-state index is 12.1. The zero-order valence-corrected chi connectivity index (χ0v) is 13.7. The van der Waals surface area contributed by atoms with Gasteiger partial charge in [-0.15, -0.1) is 12.4 Å². The average Bonchev–Trinajstić information content (AvgIpc) is 3.19. The molecule has 1 aromatic carbocycles. The molecule has 0 unspecified atom stereocenters. The molecule has 4 rings (SSSR count). The lowest BCUT2D eigenvalue weighted by molar-refractivity contribution is -0.129. The first-order chi connectivity index (χ1) is 10.7. The van der Waals surface area contributed by atoms with Crippen LogP contribution < -0.4 is 5.32 Å². The Morgan fingerprint density at radius 2 is 2.22 bits per heavy atom. The van der Waals surface area contributed by atoms with Crippen molar-refractivity contribution in [1.82, 2.24) is 20.4 Å². The third-order valence-electron chi connectivity index (χ3n) is 4.59. The molecule has 3 heterocycles. The van der Waals surface area contributed by atoms with Crippen LogP contribution in [0.3, 0.4) is 0 Å². The fourth-order valence-electron chi connectivity index (χ4n) is 3.43. The number of carbonyl (C=O) groups is 1. The lowest BCUT2D eigenvalue weighted by Crippen LogP contribution is -2.35. The number of amides is 1. The van der Waals surface area contributed by atoms with Crippen molar-refractivity contribution in [2.45, 2.75) is 38.4 Å². The van der Waals surface area contributed by atoms with E-state index in [0.717, 1.165) is 24.1 Å². The van der Waals surface area contributed by atoms with E-state index in [9.17, 15) is 4.79 Å². The van der Waals surface area contributed by atoms with E-state index in [1.807, 2.05) is 36.1 Å². The molecule has 0 spiro atoms. The Hall–Kier alpha value is -1.92. The summed E-state index contributed by atoms with van der Waals surface area (Å²) in [7, 11) is 0. The molecular weight excluding hydrogens is 316 g/mol. The molecular formula is C16H19ClN4O2. The zero-order chi connectivity index (χ0) is 15.1. The van der Waals surface area contributed by atoms with Crippen LogP contribution in [0.1, 0.15) is 24.3 Å². The number of likely N-dealkylation sites (tertiary alicyclic amines) is 1. The minimum atomic E-state index is 0. The third-order valence-corrected chi connectivity index (χ3v) is 4.59. The van der Waals surface area contributed by atoms with Gasteiger partial charge < -0.3 is 14.7 Å². The number of hydrogen-bond acceptors (Lipinski definition) is 5. The summed E-state index contributed by atoms with van der Waals surface area (Å²) in [4.78, 5) is 18.5. The number of benzene rings is 1. The fourth-order valence-corrected chi connectivity index (χ4v) is 3.43. The van der Waals surface area contributed by atoms with E-state index in [2.05, 4.69) is 15.5 Å². The number of rotatable bonds is 3. The molecule has 2 fully saturated rings. The number of hydrogen-bond donors (Lipinski definition) is 1. The monoisotopic (exact) mass is 334 g/mol. The molecule has 2 aromatic rings. The smallest absolute Gasteiger partial charge is 0.246 e. The summed E-state index contributed by atoms with van der Waals surface area (Å²) in [5, 5.41) is 7.43. The summed E-state index contributed by atoms with van der Waals surface area (Å²) in [6.07, 6.45) is 1.57. The molecule has 2 saturated heterocycles. The number of nitrogens with zero attached hydrogens (tertiary/aromatic N) is 3. The van der Waals surface area contributed by atoms with Gasteiger partial charge in [0.2, 0.25) is 17.6 Å². The second-order valence-corrected chi connectivity index (χ2v) is 5.97. The maximum Gasteiger partial charge on any atom is 0.246 e. The Balaban J connectivity index is 0.00000156. The van der Waals surface area contributed by atoms with Crippen LogP contribution in [-0.4, -0.2) is 39.6 Å². The van der Waals surface area contributed by atoms with Gasteiger partial charge in [0.15, 0.2) is 0 Å². The van der Waals surface area contributed by atoms with Crippen LogP contribution in [0.2, 0.25) is 0 Å². The topological polar surface area (TPSA) is 71.3 Å². The van der Waals surface area contributed by atoms with Gasteiger partial charge in [0, 0.05) is 24.1 Å². The van der Waals surface area contributed by atoms with Gasteiger partial charge in [-0.25, -0.2) is 0 Å². The molecule has 2 aliphatic rings. The van der Waals surface area contributed by atoms with Crippen molar-refractivity contribution in [2.75, 3.05) is 6.54 Å². The maximum absolute atomic E-state index is 12.1. The summed E-state index contributed by atoms with van der Waals surface area (Å²) in [6, 6.07) is 8.48. The first-order valence-corrected chi connectivity index (χ1v) is 7.64. The van der Waals surface area contributed by atoms with E-state index in [0.29, 0.717) is 24.7 Å². The van der Waals surface area contributed by atoms with E-state index in [4.69, 9.17) is 4.52 Å². The van der Waals surface area contributed by atoms with Crippen molar-refractivity contribution in [3.05, 3.63) is 35.7 Å². The Morgan fingerprint density at radius 3 is 3.04 bits per heavy atom. The number of halogens is 1. The minimum absolute atomic E-state index is 0. The number of fused-ring (bicyclic) bond motifs is 1. The van der Waals surface area contributed by atoms with Gasteiger partial charge in [-0.3, -0.25) is 4.79 Å². The highest BCUT2D eigenvalue weighted by Gasteiger charge is 2.42. The predicted molar refractivity (Wildman–Crippen MR) is 87.1 cm³/mol. The van der Waals surface area contributed by atoms with Crippen molar-refractivity contribution in [2.24, 2.45) is 0 Å². The number of aryl methyl sites for hydroxylation is 1. The summed E-state index contributed by atoms with van der Waals surface area (Å²) < 4.78 is 5.36. The SMILES string of the molecule is Cc1ccccc1-c1noc(CN2C(=O)C[C@H]3NCC[C@H]32)n1.Cl. The highest BCUT2D eigenvalue weighted by atomic mass is 35.5. The molecule has 1 N–H and O–H groups in total. The lowest BCUT2D eigenvalue weighted by atomic mass is 10.1. The minimum Gasteiger partial charge on any atom is -0.337 e. The van der Waals surface area contributed by atoms with Gasteiger partial charge in [0.1, 0.15) is 6.54 Å². The van der Waals surface area contributed by atoms with Crippen molar-refractivity contribution >= 4 is 18.3 Å². The van der Waals surface area contributed by atoms with Crippen LogP contribution in [0.15, 0.2) is 28.8 Å². The zero-order valence-electron chi connectivity index (χ0n) is 12.9. The molecule has 1 aromatic heterocycles. The Kier molecular flexibility index (Phi) is 4.37. The van der Waals surface area contributed by atoms with E-state index in [-0.39, 0.29) is 30.4 Å². The molecule has 2 atom stereocenters. The second-order valence-electron chi connectivity index (χ2n) is 5.97. The summed E-state index contributed by atoms with van der Waals surface area (Å²) in [5.74, 6) is 1.25. The molecule has 1 amide bonds. The van der Waals surface area contributed by atoms with E-state index in [1.54, 1.807) is 0 Å². The van der Waals surface area contributed by atoms with Gasteiger partial charge >= 0.3 is 0 Å². The molecule has 7 heteroatoms. The number of carbonyl (C=O) groups excluding carboxylic acids is 1. The molecule has 23 heavy (non-hydrogen) atoms. The normalized spacial score (nSPS) is 23.0. The van der Waals surface area contributed by atoms with E-state index in [1.165, 1.54) is 0 Å². The van der Waals surface area contributed by atoms with Crippen molar-refractivity contribution in [3.63, 3.8) is 0 Å². The van der Waals surface area contributed by atoms with Crippen LogP contribution in [0.5, 0.6) is 0 Å². The Labute approximate surface area is 140 Å². The van der Waals surface area contributed by atoms with Gasteiger partial charge in [0.05, 0.1) is 0 Å². The van der Waals surface area contributed by atoms with Crippen LogP contribution in [0.4, 0.5) is 0 Å². The molecule has 6 nitrogen and oxygen atoms in total. The highest BCUT2D eigenvalue weighted by Crippen LogP contribution is 2.28. The number of aromatic nitrogens is 2. The van der Waals surface area contributed by atoms with Crippen LogP contribution in [0.25, 0.3) is 11.4 Å². The molecule has 0 aliphatic carbocycles. The molecule has 2 aliphatic heterocycles. The third kappa shape index (κ3) is 2.84. The van der Waals surface area contributed by atoms with Crippen molar-refractivity contribution in [1.29, 1.82) is 0 Å². The molecule has 0 saturated carbocycles. The van der Waals surface area contributed by atoms with Gasteiger partial charge in [-0.2, -0.15) is 4.98 Å². The summed E-state index contributed by atoms with van der Waals surface area (Å²) in [6.45, 7) is 3.39. The predicted octanol–water partition coefficient (Wildman–Crippen LogP) is 1.93. The van der Waals surface area contributed by atoms with Crippen molar-refractivity contribution < 1.29 is 9.32 Å². The largest absolute Gasteiger partial charge is 0.337 e. The quantitative estimate of drug-likeness (QED) is 0.928. The molecule has 0 radical (unpaired) electrons. The molecule has 122 valence electrons.